The van der Waals surface area contributed by atoms with Crippen molar-refractivity contribution in [3.05, 3.63) is 42.6 Å². The number of primary amides is 1. The zero-order chi connectivity index (χ0) is 15.2. The third-order valence-electron chi connectivity index (χ3n) is 2.80. The number of benzene rings is 1. The van der Waals surface area contributed by atoms with Crippen LogP contribution in [0.4, 0.5) is 0 Å². The number of esters is 1. The van der Waals surface area contributed by atoms with E-state index in [-0.39, 0.29) is 0 Å². The predicted molar refractivity (Wildman–Crippen MR) is 74.6 cm³/mol. The van der Waals surface area contributed by atoms with E-state index in [9.17, 15) is 14.4 Å². The van der Waals surface area contributed by atoms with Gasteiger partial charge in [0.15, 0.2) is 6.61 Å². The molecule has 1 aromatic carbocycles. The van der Waals surface area contributed by atoms with Crippen LogP contribution < -0.4 is 11.1 Å². The van der Waals surface area contributed by atoms with Crippen molar-refractivity contribution in [2.24, 2.45) is 5.73 Å². The zero-order valence-electron chi connectivity index (χ0n) is 11.1. The molecule has 0 aliphatic heterocycles. The van der Waals surface area contributed by atoms with Gasteiger partial charge >= 0.3 is 11.9 Å². The fourth-order valence-corrected chi connectivity index (χ4v) is 1.82. The maximum Gasteiger partial charge on any atom is 0.397 e. The highest BCUT2D eigenvalue weighted by Gasteiger charge is 2.12. The van der Waals surface area contributed by atoms with Gasteiger partial charge in [0.2, 0.25) is 0 Å². The average Bonchev–Trinajstić information content (AvgIpc) is 2.88. The number of amides is 2. The van der Waals surface area contributed by atoms with E-state index in [1.165, 1.54) is 0 Å². The Balaban J connectivity index is 1.78. The molecule has 109 valence electrons. The minimum atomic E-state index is -1.23. The number of carbonyl (C=O) groups excluding carboxylic acids is 3. The molecule has 2 rings (SSSR count). The number of carbonyl (C=O) groups is 3. The van der Waals surface area contributed by atoms with Crippen LogP contribution in [0.15, 0.2) is 30.5 Å². The third-order valence-corrected chi connectivity index (χ3v) is 2.80. The van der Waals surface area contributed by atoms with Crippen LogP contribution in [0, 0.1) is 6.54 Å². The molecule has 0 saturated carbocycles. The Morgan fingerprint density at radius 1 is 1.29 bits per heavy atom. The third kappa shape index (κ3) is 3.82. The summed E-state index contributed by atoms with van der Waals surface area (Å²) in [4.78, 5) is 35.7. The average molecular weight is 288 g/mol. The molecule has 0 fully saturated rings. The first kappa shape index (κ1) is 14.6. The minimum Gasteiger partial charge on any atom is -0.448 e. The van der Waals surface area contributed by atoms with Gasteiger partial charge in [-0.3, -0.25) is 9.59 Å². The largest absolute Gasteiger partial charge is 0.448 e. The number of rotatable bonds is 5. The first-order valence-corrected chi connectivity index (χ1v) is 6.20. The van der Waals surface area contributed by atoms with E-state index in [4.69, 9.17) is 0 Å². The number of H-pyrrole nitrogens is 1. The summed E-state index contributed by atoms with van der Waals surface area (Å²) in [6.45, 7) is 1.00. The smallest absolute Gasteiger partial charge is 0.397 e. The molecule has 1 heterocycles. The molecule has 7 heteroatoms. The molecule has 7 nitrogen and oxygen atoms in total. The van der Waals surface area contributed by atoms with Crippen molar-refractivity contribution in [2.75, 3.05) is 6.61 Å². The van der Waals surface area contributed by atoms with Crippen molar-refractivity contribution in [2.45, 2.75) is 6.42 Å². The minimum absolute atomic E-state index is 0.513. The van der Waals surface area contributed by atoms with Crippen molar-refractivity contribution in [3.8, 4) is 0 Å². The lowest BCUT2D eigenvalue weighted by molar-refractivity contribution is -0.155. The summed E-state index contributed by atoms with van der Waals surface area (Å²) in [6, 6.07) is 7.80. The first-order valence-electron chi connectivity index (χ1n) is 6.20. The van der Waals surface area contributed by atoms with E-state index in [0.29, 0.717) is 6.42 Å². The molecule has 0 spiro atoms. The lowest BCUT2D eigenvalue weighted by Gasteiger charge is -2.04. The van der Waals surface area contributed by atoms with E-state index in [0.717, 1.165) is 16.5 Å². The lowest BCUT2D eigenvalue weighted by atomic mass is 10.1. The van der Waals surface area contributed by atoms with E-state index in [1.54, 1.807) is 6.54 Å². The van der Waals surface area contributed by atoms with Crippen molar-refractivity contribution in [1.82, 2.24) is 10.3 Å². The Labute approximate surface area is 120 Å². The molecular weight excluding hydrogens is 274 g/mol. The maximum absolute atomic E-state index is 11.4. The number of aromatic amines is 1. The summed E-state index contributed by atoms with van der Waals surface area (Å²) < 4.78 is 4.37. The highest BCUT2D eigenvalue weighted by molar-refractivity contribution is 6.31. The van der Waals surface area contributed by atoms with Gasteiger partial charge in [-0.25, -0.2) is 4.79 Å². The van der Waals surface area contributed by atoms with Crippen LogP contribution in [0.25, 0.3) is 10.9 Å². The molecule has 21 heavy (non-hydrogen) atoms. The van der Waals surface area contributed by atoms with E-state index in [2.05, 4.69) is 20.8 Å². The molecule has 2 amide bonds. The number of nitrogens with one attached hydrogen (secondary N) is 2. The van der Waals surface area contributed by atoms with Gasteiger partial charge in [-0.15, -0.1) is 0 Å². The summed E-state index contributed by atoms with van der Waals surface area (Å²) in [5.74, 6) is -3.00. The van der Waals surface area contributed by atoms with Crippen LogP contribution in [0.2, 0.25) is 0 Å². The van der Waals surface area contributed by atoms with Crippen LogP contribution in [0.3, 0.4) is 0 Å². The zero-order valence-corrected chi connectivity index (χ0v) is 11.1. The van der Waals surface area contributed by atoms with Crippen LogP contribution in [-0.4, -0.2) is 29.4 Å². The van der Waals surface area contributed by atoms with Gasteiger partial charge < -0.3 is 20.8 Å². The molecule has 0 bridgehead atoms. The molecular formula is C14H14N3O4. The lowest BCUT2D eigenvalue weighted by Crippen LogP contribution is -2.31. The molecule has 0 atom stereocenters. The Hall–Kier alpha value is -2.83. The number of hydrogen-bond acceptors (Lipinski definition) is 4. The normalized spacial score (nSPS) is 10.3. The Morgan fingerprint density at radius 2 is 2.05 bits per heavy atom. The second-order valence-corrected chi connectivity index (χ2v) is 4.28. The molecule has 4 N–H and O–H groups in total. The quantitative estimate of drug-likeness (QED) is 0.531. The molecule has 1 aromatic heterocycles. The fraction of sp³-hybridized carbons (Fsp3) is 0.143. The number of fused-ring (bicyclic) bond motifs is 1. The standard InChI is InChI=1S/C14H14N3O4/c15-13(19)14(20)21-8-12(18)16-6-5-9-7-17-11-4-2-1-3-10(9)11/h1-4,6-7,17H,5,8H2,(H2,15,19)(H,16,18). The van der Waals surface area contributed by atoms with Gasteiger partial charge in [-0.05, 0) is 18.1 Å². The number of para-hydroxylation sites is 1. The van der Waals surface area contributed by atoms with Crippen molar-refractivity contribution in [1.29, 1.82) is 0 Å². The SMILES string of the molecule is NC(=O)C(=O)OCC(=O)N[CH]Cc1c[nH]c2ccccc12. The van der Waals surface area contributed by atoms with Gasteiger partial charge in [0.1, 0.15) is 0 Å². The summed E-state index contributed by atoms with van der Waals surface area (Å²) in [5.41, 5.74) is 6.73. The summed E-state index contributed by atoms with van der Waals surface area (Å²) in [5, 5.41) is 3.55. The van der Waals surface area contributed by atoms with Gasteiger partial charge in [0.05, 0.1) is 6.54 Å². The van der Waals surface area contributed by atoms with Crippen LogP contribution in [0.5, 0.6) is 0 Å². The van der Waals surface area contributed by atoms with Crippen LogP contribution in [0.1, 0.15) is 5.56 Å². The van der Waals surface area contributed by atoms with Gasteiger partial charge in [-0.1, -0.05) is 18.2 Å². The second-order valence-electron chi connectivity index (χ2n) is 4.28. The molecule has 0 unspecified atom stereocenters. The van der Waals surface area contributed by atoms with Gasteiger partial charge in [0, 0.05) is 17.1 Å². The fourth-order valence-electron chi connectivity index (χ4n) is 1.82. The van der Waals surface area contributed by atoms with Crippen molar-refractivity contribution < 1.29 is 19.1 Å². The Kier molecular flexibility index (Phi) is 4.55. The number of hydrogen-bond donors (Lipinski definition) is 3. The Bertz CT molecular complexity index is 678. The molecule has 0 saturated heterocycles. The number of ether oxygens (including phenoxy) is 1. The summed E-state index contributed by atoms with van der Waals surface area (Å²) in [7, 11) is 0. The molecule has 1 radical (unpaired) electrons. The molecule has 0 aliphatic rings. The van der Waals surface area contributed by atoms with Crippen LogP contribution in [-0.2, 0) is 25.5 Å². The van der Waals surface area contributed by atoms with Gasteiger partial charge in [0.25, 0.3) is 5.91 Å². The van der Waals surface area contributed by atoms with E-state index in [1.807, 2.05) is 30.5 Å². The highest BCUT2D eigenvalue weighted by Crippen LogP contribution is 2.18. The van der Waals surface area contributed by atoms with Crippen LogP contribution >= 0.6 is 0 Å². The molecule has 0 aliphatic carbocycles. The van der Waals surface area contributed by atoms with E-state index >= 15 is 0 Å². The number of nitrogens with two attached hydrogens (primary N) is 1. The maximum atomic E-state index is 11.4. The monoisotopic (exact) mass is 288 g/mol. The number of aromatic nitrogens is 1. The Morgan fingerprint density at radius 3 is 2.81 bits per heavy atom. The van der Waals surface area contributed by atoms with Crippen molar-refractivity contribution in [3.63, 3.8) is 0 Å². The summed E-state index contributed by atoms with van der Waals surface area (Å²) >= 11 is 0. The predicted octanol–water partition coefficient (Wildman–Crippen LogP) is 0.0169. The molecule has 2 aromatic rings. The summed E-state index contributed by atoms with van der Waals surface area (Å²) in [6.07, 6.45) is 2.37. The topological polar surface area (TPSA) is 114 Å². The first-order chi connectivity index (χ1) is 10.1. The second kappa shape index (κ2) is 6.56. The van der Waals surface area contributed by atoms with E-state index < -0.39 is 24.4 Å². The highest BCUT2D eigenvalue weighted by atomic mass is 16.5. The van der Waals surface area contributed by atoms with Gasteiger partial charge in [-0.2, -0.15) is 0 Å². The van der Waals surface area contributed by atoms with Crippen molar-refractivity contribution >= 4 is 28.7 Å².